The normalized spacial score (nSPS) is 15.2. The third-order valence-electron chi connectivity index (χ3n) is 1.48. The fourth-order valence-corrected chi connectivity index (χ4v) is 4.37. The van der Waals surface area contributed by atoms with Crippen LogP contribution in [0.25, 0.3) is 0 Å². The Morgan fingerprint density at radius 2 is 1.58 bits per heavy atom. The molecule has 0 aliphatic rings. The first-order chi connectivity index (χ1) is 5.61. The summed E-state index contributed by atoms with van der Waals surface area (Å²) in [6.45, 7) is 6.27. The molecule has 1 unspecified atom stereocenters. The molecule has 0 amide bonds. The van der Waals surface area contributed by atoms with Crippen molar-refractivity contribution in [3.05, 3.63) is 0 Å². The highest BCUT2D eigenvalue weighted by Crippen LogP contribution is 2.09. The average Bonchev–Trinajstić information content (AvgIpc) is 2.03. The van der Waals surface area contributed by atoms with Crippen LogP contribution in [0.1, 0.15) is 20.8 Å². The molecular formula is C7H19O3Si2. The van der Waals surface area contributed by atoms with Crippen LogP contribution in [-0.2, 0) is 13.3 Å². The molecule has 1 radical (unpaired) electrons. The Bertz CT molecular complexity index is 107. The monoisotopic (exact) mass is 207 g/mol. The van der Waals surface area contributed by atoms with E-state index in [1.807, 2.05) is 0 Å². The first-order valence-electron chi connectivity index (χ1n) is 4.18. The maximum absolute atomic E-state index is 5.59. The second-order valence-electron chi connectivity index (χ2n) is 3.01. The zero-order chi connectivity index (χ0) is 9.56. The van der Waals surface area contributed by atoms with Gasteiger partial charge in [0, 0.05) is 25.5 Å². The van der Waals surface area contributed by atoms with E-state index >= 15 is 0 Å². The molecule has 73 valence electrons. The molecule has 0 aromatic carbocycles. The van der Waals surface area contributed by atoms with Crippen LogP contribution < -0.4 is 0 Å². The summed E-state index contributed by atoms with van der Waals surface area (Å²) in [6, 6.07) is 0. The van der Waals surface area contributed by atoms with Crippen molar-refractivity contribution in [3.8, 4) is 0 Å². The van der Waals surface area contributed by atoms with Crippen LogP contribution in [0, 0.1) is 0 Å². The lowest BCUT2D eigenvalue weighted by Crippen LogP contribution is -2.30. The summed E-state index contributed by atoms with van der Waals surface area (Å²) in [6.07, 6.45) is 0.344. The highest BCUT2D eigenvalue weighted by molar-refractivity contribution is 6.60. The second kappa shape index (κ2) is 6.79. The van der Waals surface area contributed by atoms with Crippen molar-refractivity contribution < 1.29 is 13.3 Å². The van der Waals surface area contributed by atoms with E-state index in [9.17, 15) is 0 Å². The third-order valence-corrected chi connectivity index (χ3v) is 5.95. The Balaban J connectivity index is 3.61. The molecule has 0 rings (SSSR count). The van der Waals surface area contributed by atoms with Gasteiger partial charge in [-0.05, 0) is 13.8 Å². The highest BCUT2D eigenvalue weighted by atomic mass is 28.3. The Labute approximate surface area is 79.2 Å². The average molecular weight is 207 g/mol. The zero-order valence-electron chi connectivity index (χ0n) is 8.59. The predicted molar refractivity (Wildman–Crippen MR) is 54.0 cm³/mol. The first-order valence-corrected chi connectivity index (χ1v) is 6.97. The molecule has 0 N–H and O–H groups in total. The summed E-state index contributed by atoms with van der Waals surface area (Å²) in [5.41, 5.74) is 0. The number of hydrogen-bond acceptors (Lipinski definition) is 3. The maximum atomic E-state index is 5.59. The van der Waals surface area contributed by atoms with Crippen LogP contribution in [0.2, 0.25) is 5.16 Å². The number of hydrogen-bond donors (Lipinski definition) is 0. The standard InChI is InChI=1S/C7H19O3Si2/c1-6(2)10-11-7(3)12(8-4)9-5/h6-7H,11H2,1-5H3. The van der Waals surface area contributed by atoms with E-state index in [0.717, 1.165) is 0 Å². The molecule has 3 nitrogen and oxygen atoms in total. The van der Waals surface area contributed by atoms with Gasteiger partial charge in [0.05, 0.1) is 0 Å². The van der Waals surface area contributed by atoms with E-state index in [-0.39, 0.29) is 0 Å². The van der Waals surface area contributed by atoms with Crippen molar-refractivity contribution in [2.24, 2.45) is 0 Å². The van der Waals surface area contributed by atoms with Crippen LogP contribution in [0.3, 0.4) is 0 Å². The van der Waals surface area contributed by atoms with Gasteiger partial charge >= 0.3 is 9.28 Å². The smallest absolute Gasteiger partial charge is 0.385 e. The van der Waals surface area contributed by atoms with Gasteiger partial charge in [-0.15, -0.1) is 0 Å². The van der Waals surface area contributed by atoms with Crippen molar-refractivity contribution in [1.29, 1.82) is 0 Å². The Kier molecular flexibility index (Phi) is 6.97. The summed E-state index contributed by atoms with van der Waals surface area (Å²) < 4.78 is 16.0. The molecule has 0 aliphatic carbocycles. The lowest BCUT2D eigenvalue weighted by molar-refractivity contribution is 0.243. The zero-order valence-corrected chi connectivity index (χ0v) is 11.0. The molecule has 5 heteroatoms. The van der Waals surface area contributed by atoms with Gasteiger partial charge in [0.2, 0.25) is 0 Å². The Morgan fingerprint density at radius 1 is 1.08 bits per heavy atom. The maximum Gasteiger partial charge on any atom is 0.385 e. The molecule has 0 fully saturated rings. The van der Waals surface area contributed by atoms with Crippen LogP contribution in [-0.4, -0.2) is 39.4 Å². The van der Waals surface area contributed by atoms with Gasteiger partial charge in [0.15, 0.2) is 9.76 Å². The molecule has 1 atom stereocenters. The second-order valence-corrected chi connectivity index (χ2v) is 8.16. The van der Waals surface area contributed by atoms with Crippen molar-refractivity contribution >= 4 is 19.0 Å². The Morgan fingerprint density at radius 3 is 1.92 bits per heavy atom. The van der Waals surface area contributed by atoms with Crippen LogP contribution in [0.15, 0.2) is 0 Å². The van der Waals surface area contributed by atoms with Crippen LogP contribution >= 0.6 is 0 Å². The van der Waals surface area contributed by atoms with Crippen LogP contribution in [0.5, 0.6) is 0 Å². The van der Waals surface area contributed by atoms with Gasteiger partial charge in [-0.25, -0.2) is 0 Å². The van der Waals surface area contributed by atoms with Gasteiger partial charge in [0.25, 0.3) is 0 Å². The predicted octanol–water partition coefficient (Wildman–Crippen LogP) is 0.624. The summed E-state index contributed by atoms with van der Waals surface area (Å²) in [4.78, 5) is 0. The fraction of sp³-hybridized carbons (Fsp3) is 1.00. The van der Waals surface area contributed by atoms with Gasteiger partial charge < -0.3 is 13.3 Å². The summed E-state index contributed by atoms with van der Waals surface area (Å²) in [7, 11) is 1.87. The van der Waals surface area contributed by atoms with E-state index in [2.05, 4.69) is 20.8 Å². The summed E-state index contributed by atoms with van der Waals surface area (Å²) >= 11 is 0. The minimum absolute atomic E-state index is 0.344. The highest BCUT2D eigenvalue weighted by Gasteiger charge is 2.22. The molecule has 0 aromatic heterocycles. The fourth-order valence-electron chi connectivity index (χ4n) is 0.891. The molecule has 0 heterocycles. The van der Waals surface area contributed by atoms with E-state index in [0.29, 0.717) is 11.3 Å². The van der Waals surface area contributed by atoms with Crippen LogP contribution in [0.4, 0.5) is 0 Å². The van der Waals surface area contributed by atoms with E-state index in [4.69, 9.17) is 13.3 Å². The van der Waals surface area contributed by atoms with Gasteiger partial charge in [0.1, 0.15) is 0 Å². The largest absolute Gasteiger partial charge is 0.422 e. The Hall–Kier alpha value is 0.314. The SMILES string of the molecule is CO[Si](OC)C(C)[SiH2]OC(C)C. The molecule has 0 saturated carbocycles. The molecule has 0 aliphatic heterocycles. The van der Waals surface area contributed by atoms with Gasteiger partial charge in [-0.2, -0.15) is 0 Å². The molecule has 0 spiro atoms. The molecule has 0 bridgehead atoms. The molecule has 0 saturated heterocycles. The lowest BCUT2D eigenvalue weighted by Gasteiger charge is -2.17. The molecular weight excluding hydrogens is 188 g/mol. The van der Waals surface area contributed by atoms with Gasteiger partial charge in [-0.1, -0.05) is 6.92 Å². The van der Waals surface area contributed by atoms with E-state index in [1.54, 1.807) is 14.2 Å². The molecule has 0 aromatic rings. The van der Waals surface area contributed by atoms with Crippen molar-refractivity contribution in [3.63, 3.8) is 0 Å². The van der Waals surface area contributed by atoms with E-state index in [1.165, 1.54) is 0 Å². The minimum Gasteiger partial charge on any atom is -0.422 e. The van der Waals surface area contributed by atoms with Gasteiger partial charge in [-0.3, -0.25) is 0 Å². The molecule has 12 heavy (non-hydrogen) atoms. The summed E-state index contributed by atoms with van der Waals surface area (Å²) in [5.74, 6) is 0. The lowest BCUT2D eigenvalue weighted by atomic mass is 10.5. The first kappa shape index (κ1) is 12.3. The van der Waals surface area contributed by atoms with Crippen molar-refractivity contribution in [2.75, 3.05) is 14.2 Å². The third kappa shape index (κ3) is 5.05. The van der Waals surface area contributed by atoms with Crippen molar-refractivity contribution in [1.82, 2.24) is 0 Å². The minimum atomic E-state index is -1.06. The van der Waals surface area contributed by atoms with Crippen molar-refractivity contribution in [2.45, 2.75) is 32.0 Å². The summed E-state index contributed by atoms with van der Waals surface area (Å²) in [5, 5.41) is 0.507. The van der Waals surface area contributed by atoms with E-state index < -0.39 is 19.0 Å². The topological polar surface area (TPSA) is 27.7 Å². The number of rotatable bonds is 6. The quantitative estimate of drug-likeness (QED) is 0.598.